The van der Waals surface area contributed by atoms with Crippen LogP contribution in [0.15, 0.2) is 48.5 Å². The van der Waals surface area contributed by atoms with E-state index < -0.39 is 5.82 Å². The van der Waals surface area contributed by atoms with Crippen LogP contribution in [-0.4, -0.2) is 43.5 Å². The number of nitriles is 1. The highest BCUT2D eigenvalue weighted by Gasteiger charge is 2.26. The summed E-state index contributed by atoms with van der Waals surface area (Å²) in [5, 5.41) is 12.2. The maximum Gasteiger partial charge on any atom is 0.223 e. The fraction of sp³-hybridized carbons (Fsp3) is 0.481. The van der Waals surface area contributed by atoms with Crippen LogP contribution >= 0.6 is 0 Å². The number of piperidine rings is 2. The summed E-state index contributed by atoms with van der Waals surface area (Å²) < 4.78 is 13.7. The minimum Gasteiger partial charge on any atom is -0.371 e. The van der Waals surface area contributed by atoms with E-state index in [1.165, 1.54) is 30.5 Å². The van der Waals surface area contributed by atoms with E-state index in [0.717, 1.165) is 51.1 Å². The number of rotatable bonds is 7. The largest absolute Gasteiger partial charge is 0.371 e. The van der Waals surface area contributed by atoms with Gasteiger partial charge in [-0.25, -0.2) is 4.39 Å². The zero-order chi connectivity index (χ0) is 23.0. The molecule has 2 aliphatic rings. The maximum absolute atomic E-state index is 13.7. The third-order valence-electron chi connectivity index (χ3n) is 7.05. The number of halogens is 1. The second kappa shape index (κ2) is 11.3. The summed E-state index contributed by atoms with van der Waals surface area (Å²) in [6.45, 7) is 5.42. The number of anilines is 1. The number of nitrogens with zero attached hydrogens (tertiary/aromatic N) is 3. The van der Waals surface area contributed by atoms with Crippen molar-refractivity contribution in [3.05, 3.63) is 65.5 Å². The van der Waals surface area contributed by atoms with Gasteiger partial charge in [0.2, 0.25) is 5.91 Å². The van der Waals surface area contributed by atoms with Gasteiger partial charge in [-0.15, -0.1) is 0 Å². The first-order valence-corrected chi connectivity index (χ1v) is 12.1. The lowest BCUT2D eigenvalue weighted by atomic mass is 9.92. The highest BCUT2D eigenvalue weighted by atomic mass is 19.1. The van der Waals surface area contributed by atoms with E-state index in [-0.39, 0.29) is 11.8 Å². The number of nitrogens with one attached hydrogen (secondary N) is 1. The Morgan fingerprint density at radius 1 is 1.03 bits per heavy atom. The topological polar surface area (TPSA) is 59.4 Å². The normalized spacial score (nSPS) is 18.1. The van der Waals surface area contributed by atoms with Crippen molar-refractivity contribution in [3.63, 3.8) is 0 Å². The molecule has 0 atom stereocenters. The Morgan fingerprint density at radius 3 is 2.45 bits per heavy atom. The van der Waals surface area contributed by atoms with Crippen LogP contribution in [0.5, 0.6) is 0 Å². The fourth-order valence-electron chi connectivity index (χ4n) is 5.04. The Kier molecular flexibility index (Phi) is 7.96. The monoisotopic (exact) mass is 448 g/mol. The minimum absolute atomic E-state index is 0.0120. The van der Waals surface area contributed by atoms with Gasteiger partial charge in [0.1, 0.15) is 5.82 Å². The number of amides is 1. The first kappa shape index (κ1) is 23.3. The summed E-state index contributed by atoms with van der Waals surface area (Å²) in [5.41, 5.74) is 2.43. The van der Waals surface area contributed by atoms with Crippen molar-refractivity contribution in [2.45, 2.75) is 38.6 Å². The maximum atomic E-state index is 13.7. The molecule has 4 rings (SSSR count). The van der Waals surface area contributed by atoms with E-state index in [2.05, 4.69) is 45.4 Å². The zero-order valence-corrected chi connectivity index (χ0v) is 19.2. The van der Waals surface area contributed by atoms with Crippen molar-refractivity contribution in [3.8, 4) is 6.07 Å². The molecule has 1 N–H and O–H groups in total. The summed E-state index contributed by atoms with van der Waals surface area (Å²) in [7, 11) is 0. The van der Waals surface area contributed by atoms with Gasteiger partial charge in [-0.2, -0.15) is 5.26 Å². The molecule has 2 fully saturated rings. The Bertz CT molecular complexity index is 958. The van der Waals surface area contributed by atoms with E-state index in [1.54, 1.807) is 6.07 Å². The molecule has 0 aliphatic carbocycles. The van der Waals surface area contributed by atoms with Gasteiger partial charge in [-0.3, -0.25) is 9.69 Å². The van der Waals surface area contributed by atoms with Crippen LogP contribution in [0.2, 0.25) is 0 Å². The van der Waals surface area contributed by atoms with Crippen molar-refractivity contribution >= 4 is 11.6 Å². The number of carbonyl (C=O) groups is 1. The third-order valence-corrected chi connectivity index (χ3v) is 7.05. The highest BCUT2D eigenvalue weighted by Crippen LogP contribution is 2.26. The molecular formula is C27H33FN4O. The van der Waals surface area contributed by atoms with Crippen LogP contribution < -0.4 is 10.2 Å². The Hall–Kier alpha value is -2.91. The molecule has 1 amide bonds. The summed E-state index contributed by atoms with van der Waals surface area (Å²) in [4.78, 5) is 17.2. The Labute approximate surface area is 196 Å². The van der Waals surface area contributed by atoms with Crippen LogP contribution in [0.4, 0.5) is 10.1 Å². The van der Waals surface area contributed by atoms with E-state index in [1.807, 2.05) is 6.07 Å². The first-order valence-electron chi connectivity index (χ1n) is 12.1. The minimum atomic E-state index is -0.394. The molecule has 6 heteroatoms. The van der Waals surface area contributed by atoms with E-state index in [0.29, 0.717) is 24.6 Å². The van der Waals surface area contributed by atoms with Crippen molar-refractivity contribution in [2.75, 3.05) is 37.6 Å². The second-order valence-corrected chi connectivity index (χ2v) is 9.36. The summed E-state index contributed by atoms with van der Waals surface area (Å²) >= 11 is 0. The number of hydrogen-bond donors (Lipinski definition) is 1. The Balaban J connectivity index is 1.14. The number of hydrogen-bond acceptors (Lipinski definition) is 4. The molecule has 2 aromatic rings. The van der Waals surface area contributed by atoms with E-state index in [4.69, 9.17) is 5.26 Å². The second-order valence-electron chi connectivity index (χ2n) is 9.36. The van der Waals surface area contributed by atoms with E-state index in [9.17, 15) is 9.18 Å². The van der Waals surface area contributed by atoms with Gasteiger partial charge in [0.15, 0.2) is 0 Å². The summed E-state index contributed by atoms with van der Waals surface area (Å²) in [6.07, 6.45) is 4.94. The van der Waals surface area contributed by atoms with Gasteiger partial charge in [0.25, 0.3) is 0 Å². The fourth-order valence-corrected chi connectivity index (χ4v) is 5.04. The molecular weight excluding hydrogens is 415 g/mol. The molecule has 2 aliphatic heterocycles. The van der Waals surface area contributed by atoms with Crippen LogP contribution in [0.25, 0.3) is 0 Å². The number of carbonyl (C=O) groups excluding carboxylic acids is 1. The van der Waals surface area contributed by atoms with Gasteiger partial charge >= 0.3 is 0 Å². The molecule has 0 bridgehead atoms. The smallest absolute Gasteiger partial charge is 0.223 e. The molecule has 2 saturated heterocycles. The standard InChI is InChI=1S/C27H33FN4O/c28-25-16-23(19-29)17-26(18-25)32-14-9-24(10-15-32)27(33)30-11-6-21-7-12-31(13-8-21)20-22-4-2-1-3-5-22/h1-5,16-18,21,24H,6-15,20H2,(H,30,33). The predicted molar refractivity (Wildman–Crippen MR) is 128 cm³/mol. The first-order chi connectivity index (χ1) is 16.1. The average Bonchev–Trinajstić information content (AvgIpc) is 2.85. The van der Waals surface area contributed by atoms with Gasteiger partial charge in [-0.1, -0.05) is 30.3 Å². The van der Waals surface area contributed by atoms with Crippen molar-refractivity contribution in [1.82, 2.24) is 10.2 Å². The van der Waals surface area contributed by atoms with Crippen LogP contribution in [-0.2, 0) is 11.3 Å². The molecule has 0 aromatic heterocycles. The highest BCUT2D eigenvalue weighted by molar-refractivity contribution is 5.79. The molecule has 2 aromatic carbocycles. The lowest BCUT2D eigenvalue weighted by molar-refractivity contribution is -0.125. The number of likely N-dealkylation sites (tertiary alicyclic amines) is 1. The molecule has 0 radical (unpaired) electrons. The number of benzene rings is 2. The van der Waals surface area contributed by atoms with Crippen LogP contribution in [0.3, 0.4) is 0 Å². The average molecular weight is 449 g/mol. The molecule has 0 spiro atoms. The lowest BCUT2D eigenvalue weighted by Crippen LogP contribution is -2.41. The van der Waals surface area contributed by atoms with Gasteiger partial charge in [0.05, 0.1) is 11.6 Å². The SMILES string of the molecule is N#Cc1cc(F)cc(N2CCC(C(=O)NCCC3CCN(Cc4ccccc4)CC3)CC2)c1. The molecule has 0 unspecified atom stereocenters. The molecule has 174 valence electrons. The van der Waals surface area contributed by atoms with Gasteiger partial charge in [0, 0.05) is 37.8 Å². The zero-order valence-electron chi connectivity index (χ0n) is 19.2. The van der Waals surface area contributed by atoms with Crippen molar-refractivity contribution in [2.24, 2.45) is 11.8 Å². The summed E-state index contributed by atoms with van der Waals surface area (Å²) in [5.74, 6) is 0.447. The van der Waals surface area contributed by atoms with Crippen LogP contribution in [0, 0.1) is 29.0 Å². The van der Waals surface area contributed by atoms with Crippen LogP contribution in [0.1, 0.15) is 43.2 Å². The van der Waals surface area contributed by atoms with Gasteiger partial charge in [-0.05, 0) is 74.9 Å². The lowest BCUT2D eigenvalue weighted by Gasteiger charge is -2.33. The van der Waals surface area contributed by atoms with E-state index >= 15 is 0 Å². The molecule has 5 nitrogen and oxygen atoms in total. The summed E-state index contributed by atoms with van der Waals surface area (Å²) in [6, 6.07) is 17.1. The van der Waals surface area contributed by atoms with Gasteiger partial charge < -0.3 is 10.2 Å². The third kappa shape index (κ3) is 6.55. The molecule has 0 saturated carbocycles. The van der Waals surface area contributed by atoms with Crippen molar-refractivity contribution in [1.29, 1.82) is 5.26 Å². The van der Waals surface area contributed by atoms with Crippen molar-refractivity contribution < 1.29 is 9.18 Å². The molecule has 2 heterocycles. The Morgan fingerprint density at radius 2 is 1.76 bits per heavy atom. The quantitative estimate of drug-likeness (QED) is 0.685. The predicted octanol–water partition coefficient (Wildman–Crippen LogP) is 4.33. The molecule has 33 heavy (non-hydrogen) atoms.